The summed E-state index contributed by atoms with van der Waals surface area (Å²) in [5.74, 6) is -0.282. The number of rotatable bonds is 5. The zero-order valence-electron chi connectivity index (χ0n) is 15.0. The fourth-order valence-electron chi connectivity index (χ4n) is 3.42. The SMILES string of the molecule is O=C(NC[C@@H](c1ccccc1)c1c[nH]c2ccccc12)c1ccc(O)c(Cl)c1. The standard InChI is InChI=1S/C23H19ClN2O2/c24-20-12-16(10-11-22(20)27)23(28)26-13-18(15-6-2-1-3-7-15)19-14-25-21-9-5-4-8-17(19)21/h1-12,14,18,25,27H,13H2,(H,26,28)/t18-/m0/s1. The Morgan fingerprint density at radius 2 is 1.79 bits per heavy atom. The van der Waals surface area contributed by atoms with E-state index in [9.17, 15) is 9.90 Å². The molecule has 1 atom stereocenters. The van der Waals surface area contributed by atoms with E-state index in [1.165, 1.54) is 12.1 Å². The molecule has 0 bridgehead atoms. The second-order valence-electron chi connectivity index (χ2n) is 6.63. The van der Waals surface area contributed by atoms with Crippen LogP contribution in [0.4, 0.5) is 0 Å². The van der Waals surface area contributed by atoms with E-state index in [2.05, 4.69) is 28.5 Å². The maximum atomic E-state index is 12.6. The summed E-state index contributed by atoms with van der Waals surface area (Å²) in [7, 11) is 0. The van der Waals surface area contributed by atoms with Crippen molar-refractivity contribution in [2.75, 3.05) is 6.54 Å². The Hall–Kier alpha value is -3.24. The fourth-order valence-corrected chi connectivity index (χ4v) is 3.60. The summed E-state index contributed by atoms with van der Waals surface area (Å²) in [5.41, 5.74) is 3.73. The Balaban J connectivity index is 1.63. The van der Waals surface area contributed by atoms with Crippen molar-refractivity contribution in [1.82, 2.24) is 10.3 Å². The van der Waals surface area contributed by atoms with Crippen molar-refractivity contribution < 1.29 is 9.90 Å². The lowest BCUT2D eigenvalue weighted by Gasteiger charge is -2.18. The lowest BCUT2D eigenvalue weighted by Crippen LogP contribution is -2.28. The number of fused-ring (bicyclic) bond motifs is 1. The van der Waals surface area contributed by atoms with Crippen LogP contribution in [0.1, 0.15) is 27.4 Å². The molecular weight excluding hydrogens is 372 g/mol. The lowest BCUT2D eigenvalue weighted by atomic mass is 9.91. The van der Waals surface area contributed by atoms with Gasteiger partial charge in [0.15, 0.2) is 0 Å². The number of carbonyl (C=O) groups is 1. The third-order valence-electron chi connectivity index (χ3n) is 4.88. The number of benzene rings is 3. The molecule has 1 heterocycles. The molecule has 0 aliphatic heterocycles. The van der Waals surface area contributed by atoms with Crippen LogP contribution in [-0.2, 0) is 0 Å². The molecule has 0 saturated heterocycles. The van der Waals surface area contributed by atoms with E-state index in [4.69, 9.17) is 11.6 Å². The van der Waals surface area contributed by atoms with Gasteiger partial charge in [-0.1, -0.05) is 60.1 Å². The summed E-state index contributed by atoms with van der Waals surface area (Å²) in [4.78, 5) is 15.9. The number of aromatic nitrogens is 1. The average Bonchev–Trinajstić information content (AvgIpc) is 3.15. The minimum Gasteiger partial charge on any atom is -0.506 e. The quantitative estimate of drug-likeness (QED) is 0.444. The number of aromatic amines is 1. The molecule has 0 aliphatic rings. The number of phenols is 1. The van der Waals surface area contributed by atoms with Crippen molar-refractivity contribution in [2.45, 2.75) is 5.92 Å². The number of H-pyrrole nitrogens is 1. The van der Waals surface area contributed by atoms with Gasteiger partial charge in [-0.25, -0.2) is 0 Å². The molecule has 140 valence electrons. The van der Waals surface area contributed by atoms with E-state index in [1.807, 2.05) is 42.6 Å². The summed E-state index contributed by atoms with van der Waals surface area (Å²) in [6, 6.07) is 22.7. The van der Waals surface area contributed by atoms with Crippen LogP contribution in [0.5, 0.6) is 5.75 Å². The number of halogens is 1. The highest BCUT2D eigenvalue weighted by Gasteiger charge is 2.19. The largest absolute Gasteiger partial charge is 0.506 e. The Bertz CT molecular complexity index is 1120. The monoisotopic (exact) mass is 390 g/mol. The Morgan fingerprint density at radius 3 is 2.57 bits per heavy atom. The molecule has 1 amide bonds. The number of aromatic hydroxyl groups is 1. The van der Waals surface area contributed by atoms with E-state index in [-0.39, 0.29) is 22.6 Å². The van der Waals surface area contributed by atoms with Gasteiger partial charge in [0.2, 0.25) is 0 Å². The molecule has 4 nitrogen and oxygen atoms in total. The highest BCUT2D eigenvalue weighted by atomic mass is 35.5. The van der Waals surface area contributed by atoms with Crippen LogP contribution in [-0.4, -0.2) is 22.5 Å². The third kappa shape index (κ3) is 3.59. The van der Waals surface area contributed by atoms with Gasteiger partial charge in [0.1, 0.15) is 5.75 Å². The zero-order chi connectivity index (χ0) is 19.5. The predicted octanol–water partition coefficient (Wildman–Crippen LogP) is 5.09. The normalized spacial score (nSPS) is 12.0. The summed E-state index contributed by atoms with van der Waals surface area (Å²) < 4.78 is 0. The molecule has 3 aromatic carbocycles. The van der Waals surface area contributed by atoms with E-state index in [0.717, 1.165) is 22.0 Å². The molecule has 0 aliphatic carbocycles. The predicted molar refractivity (Wildman–Crippen MR) is 112 cm³/mol. The molecule has 0 fully saturated rings. The first-order valence-electron chi connectivity index (χ1n) is 9.01. The number of phenolic OH excluding ortho intramolecular Hbond substituents is 1. The zero-order valence-corrected chi connectivity index (χ0v) is 15.8. The van der Waals surface area contributed by atoms with Gasteiger partial charge in [-0.05, 0) is 35.4 Å². The molecule has 0 radical (unpaired) electrons. The Morgan fingerprint density at radius 1 is 1.04 bits per heavy atom. The van der Waals surface area contributed by atoms with Crippen LogP contribution in [0.2, 0.25) is 5.02 Å². The van der Waals surface area contributed by atoms with Crippen LogP contribution in [0.15, 0.2) is 79.0 Å². The van der Waals surface area contributed by atoms with Gasteiger partial charge in [0, 0.05) is 35.1 Å². The molecule has 4 aromatic rings. The fraction of sp³-hybridized carbons (Fsp3) is 0.0870. The summed E-state index contributed by atoms with van der Waals surface area (Å²) >= 11 is 5.93. The molecule has 0 spiro atoms. The second kappa shape index (κ2) is 7.79. The first kappa shape index (κ1) is 18.1. The van der Waals surface area contributed by atoms with Crippen molar-refractivity contribution in [2.24, 2.45) is 0 Å². The summed E-state index contributed by atoms with van der Waals surface area (Å²) in [6.07, 6.45) is 2.01. The van der Waals surface area contributed by atoms with Gasteiger partial charge in [-0.3, -0.25) is 4.79 Å². The molecule has 0 unspecified atom stereocenters. The van der Waals surface area contributed by atoms with Gasteiger partial charge < -0.3 is 15.4 Å². The highest BCUT2D eigenvalue weighted by molar-refractivity contribution is 6.32. The molecule has 1 aromatic heterocycles. The van der Waals surface area contributed by atoms with Crippen LogP contribution >= 0.6 is 11.6 Å². The van der Waals surface area contributed by atoms with Crippen LogP contribution in [0, 0.1) is 0 Å². The number of carbonyl (C=O) groups excluding carboxylic acids is 1. The van der Waals surface area contributed by atoms with E-state index >= 15 is 0 Å². The van der Waals surface area contributed by atoms with Crippen molar-refractivity contribution in [3.63, 3.8) is 0 Å². The second-order valence-corrected chi connectivity index (χ2v) is 7.04. The average molecular weight is 391 g/mol. The summed E-state index contributed by atoms with van der Waals surface area (Å²) in [6.45, 7) is 0.434. The van der Waals surface area contributed by atoms with Crippen molar-refractivity contribution >= 4 is 28.4 Å². The number of hydrogen-bond donors (Lipinski definition) is 3. The van der Waals surface area contributed by atoms with Crippen molar-refractivity contribution in [1.29, 1.82) is 0 Å². The Labute approximate surface area is 167 Å². The Kier molecular flexibility index (Phi) is 5.04. The molecule has 28 heavy (non-hydrogen) atoms. The molecule has 0 saturated carbocycles. The number of hydrogen-bond acceptors (Lipinski definition) is 2. The molecule has 5 heteroatoms. The lowest BCUT2D eigenvalue weighted by molar-refractivity contribution is 0.0952. The van der Waals surface area contributed by atoms with Crippen LogP contribution < -0.4 is 5.32 Å². The number of amides is 1. The van der Waals surface area contributed by atoms with Gasteiger partial charge in [0.25, 0.3) is 5.91 Å². The first-order valence-corrected chi connectivity index (χ1v) is 9.39. The smallest absolute Gasteiger partial charge is 0.251 e. The highest BCUT2D eigenvalue weighted by Crippen LogP contribution is 2.30. The number of nitrogens with one attached hydrogen (secondary N) is 2. The van der Waals surface area contributed by atoms with E-state index < -0.39 is 0 Å². The molecule has 4 rings (SSSR count). The van der Waals surface area contributed by atoms with Gasteiger partial charge in [0.05, 0.1) is 5.02 Å². The summed E-state index contributed by atoms with van der Waals surface area (Å²) in [5, 5.41) is 13.8. The minimum absolute atomic E-state index is 0.00566. The van der Waals surface area contributed by atoms with Crippen molar-refractivity contribution in [3.05, 3.63) is 101 Å². The first-order chi connectivity index (χ1) is 13.6. The third-order valence-corrected chi connectivity index (χ3v) is 5.18. The topological polar surface area (TPSA) is 65.1 Å². The van der Waals surface area contributed by atoms with Crippen LogP contribution in [0.25, 0.3) is 10.9 Å². The van der Waals surface area contributed by atoms with E-state index in [0.29, 0.717) is 12.1 Å². The van der Waals surface area contributed by atoms with Gasteiger partial charge in [-0.15, -0.1) is 0 Å². The maximum absolute atomic E-state index is 12.6. The minimum atomic E-state index is -0.234. The maximum Gasteiger partial charge on any atom is 0.251 e. The molecule has 3 N–H and O–H groups in total. The van der Waals surface area contributed by atoms with E-state index in [1.54, 1.807) is 6.07 Å². The van der Waals surface area contributed by atoms with Crippen molar-refractivity contribution in [3.8, 4) is 5.75 Å². The van der Waals surface area contributed by atoms with Gasteiger partial charge in [-0.2, -0.15) is 0 Å². The van der Waals surface area contributed by atoms with Crippen LogP contribution in [0.3, 0.4) is 0 Å². The number of para-hydroxylation sites is 1. The van der Waals surface area contributed by atoms with Gasteiger partial charge >= 0.3 is 0 Å². The molecular formula is C23H19ClN2O2.